The molecule has 0 aliphatic rings. The van der Waals surface area contributed by atoms with Crippen LogP contribution in [0.3, 0.4) is 0 Å². The molecule has 0 rings (SSSR count). The molecule has 0 bridgehead atoms. The van der Waals surface area contributed by atoms with Gasteiger partial charge in [-0.15, -0.1) is 11.8 Å². The van der Waals surface area contributed by atoms with Crippen molar-refractivity contribution in [2.45, 2.75) is 39.7 Å². The number of aliphatic carboxylic acids is 1. The standard InChI is InChI=1S/C13H24N2O4S/c1-4-6-15(7-5-2)12(17)9-20-8-11(13(18)19)14-10(3)16/h11H,4-9H2,1-3H3,(H,14,16)(H,18,19)/t11-/m0/s1. The van der Waals surface area contributed by atoms with Crippen molar-refractivity contribution in [1.82, 2.24) is 10.2 Å². The van der Waals surface area contributed by atoms with E-state index < -0.39 is 12.0 Å². The maximum atomic E-state index is 12.0. The van der Waals surface area contributed by atoms with Crippen LogP contribution < -0.4 is 5.32 Å². The zero-order valence-electron chi connectivity index (χ0n) is 12.3. The van der Waals surface area contributed by atoms with Crippen molar-refractivity contribution < 1.29 is 19.5 Å². The minimum Gasteiger partial charge on any atom is -0.480 e. The molecule has 0 aliphatic heterocycles. The molecule has 116 valence electrons. The molecular weight excluding hydrogens is 280 g/mol. The Morgan fingerprint density at radius 2 is 1.75 bits per heavy atom. The fourth-order valence-electron chi connectivity index (χ4n) is 1.68. The molecule has 0 aliphatic carbocycles. The fraction of sp³-hybridized carbons (Fsp3) is 0.769. The summed E-state index contributed by atoms with van der Waals surface area (Å²) < 4.78 is 0. The van der Waals surface area contributed by atoms with Crippen LogP contribution in [0.15, 0.2) is 0 Å². The van der Waals surface area contributed by atoms with Gasteiger partial charge in [0.2, 0.25) is 11.8 Å². The predicted molar refractivity (Wildman–Crippen MR) is 79.7 cm³/mol. The molecule has 0 heterocycles. The van der Waals surface area contributed by atoms with E-state index in [2.05, 4.69) is 5.32 Å². The molecule has 7 heteroatoms. The van der Waals surface area contributed by atoms with Gasteiger partial charge in [0.15, 0.2) is 0 Å². The molecule has 0 saturated heterocycles. The molecule has 0 aromatic heterocycles. The summed E-state index contributed by atoms with van der Waals surface area (Å²) in [4.78, 5) is 35.6. The fourth-order valence-corrected chi connectivity index (χ4v) is 2.61. The SMILES string of the molecule is CCCN(CCC)C(=O)CSC[C@H](NC(C)=O)C(=O)O. The monoisotopic (exact) mass is 304 g/mol. The molecule has 2 amide bonds. The third-order valence-corrected chi connectivity index (χ3v) is 3.55. The van der Waals surface area contributed by atoms with Gasteiger partial charge in [-0.25, -0.2) is 4.79 Å². The van der Waals surface area contributed by atoms with Crippen molar-refractivity contribution in [2.75, 3.05) is 24.6 Å². The first-order valence-electron chi connectivity index (χ1n) is 6.77. The van der Waals surface area contributed by atoms with Gasteiger partial charge >= 0.3 is 5.97 Å². The number of carboxylic acid groups (broad SMARTS) is 1. The number of thioether (sulfide) groups is 1. The summed E-state index contributed by atoms with van der Waals surface area (Å²) in [5.74, 6) is -1.02. The molecule has 0 radical (unpaired) electrons. The molecular formula is C13H24N2O4S. The van der Waals surface area contributed by atoms with Gasteiger partial charge < -0.3 is 15.3 Å². The number of nitrogens with zero attached hydrogens (tertiary/aromatic N) is 1. The zero-order valence-corrected chi connectivity index (χ0v) is 13.2. The summed E-state index contributed by atoms with van der Waals surface area (Å²) in [5.41, 5.74) is 0. The van der Waals surface area contributed by atoms with Crippen molar-refractivity contribution in [1.29, 1.82) is 0 Å². The van der Waals surface area contributed by atoms with Crippen LogP contribution in [0.25, 0.3) is 0 Å². The zero-order chi connectivity index (χ0) is 15.5. The first-order chi connectivity index (χ1) is 9.42. The van der Waals surface area contributed by atoms with Gasteiger partial charge in [-0.05, 0) is 12.8 Å². The molecule has 1 atom stereocenters. The number of hydrogen-bond acceptors (Lipinski definition) is 4. The highest BCUT2D eigenvalue weighted by Gasteiger charge is 2.19. The van der Waals surface area contributed by atoms with Crippen LogP contribution in [0.2, 0.25) is 0 Å². The third-order valence-electron chi connectivity index (χ3n) is 2.53. The molecule has 0 aromatic carbocycles. The number of nitrogens with one attached hydrogen (secondary N) is 1. The maximum Gasteiger partial charge on any atom is 0.327 e. The minimum atomic E-state index is -1.08. The Balaban J connectivity index is 4.20. The summed E-state index contributed by atoms with van der Waals surface area (Å²) in [6.45, 7) is 6.75. The van der Waals surface area contributed by atoms with E-state index in [9.17, 15) is 14.4 Å². The first-order valence-corrected chi connectivity index (χ1v) is 7.93. The Bertz CT molecular complexity index is 330. The quantitative estimate of drug-likeness (QED) is 0.628. The Hall–Kier alpha value is -1.24. The van der Waals surface area contributed by atoms with E-state index in [-0.39, 0.29) is 23.3 Å². The second-order valence-electron chi connectivity index (χ2n) is 4.49. The molecule has 0 aromatic rings. The highest BCUT2D eigenvalue weighted by molar-refractivity contribution is 8.00. The Morgan fingerprint density at radius 3 is 2.15 bits per heavy atom. The Kier molecular flexibility index (Phi) is 9.88. The van der Waals surface area contributed by atoms with E-state index in [4.69, 9.17) is 5.11 Å². The molecule has 0 unspecified atom stereocenters. The molecule has 6 nitrogen and oxygen atoms in total. The Labute approximate surface area is 124 Å². The summed E-state index contributed by atoms with van der Waals surface area (Å²) >= 11 is 1.23. The van der Waals surface area contributed by atoms with Crippen molar-refractivity contribution in [3.8, 4) is 0 Å². The second-order valence-corrected chi connectivity index (χ2v) is 5.52. The van der Waals surface area contributed by atoms with E-state index in [0.717, 1.165) is 25.9 Å². The predicted octanol–water partition coefficient (Wildman–Crippen LogP) is 0.957. The summed E-state index contributed by atoms with van der Waals surface area (Å²) in [7, 11) is 0. The lowest BCUT2D eigenvalue weighted by atomic mass is 10.3. The van der Waals surface area contributed by atoms with Gasteiger partial charge in [0.25, 0.3) is 0 Å². The lowest BCUT2D eigenvalue weighted by Gasteiger charge is -2.21. The van der Waals surface area contributed by atoms with Crippen LogP contribution in [0, 0.1) is 0 Å². The normalized spacial score (nSPS) is 11.8. The average molecular weight is 304 g/mol. The molecule has 20 heavy (non-hydrogen) atoms. The lowest BCUT2D eigenvalue weighted by Crippen LogP contribution is -2.42. The largest absolute Gasteiger partial charge is 0.480 e. The average Bonchev–Trinajstić information content (AvgIpc) is 2.36. The minimum absolute atomic E-state index is 0.0191. The van der Waals surface area contributed by atoms with Gasteiger partial charge in [0.1, 0.15) is 6.04 Å². The molecule has 2 N–H and O–H groups in total. The molecule has 0 spiro atoms. The molecule has 0 saturated carbocycles. The van der Waals surface area contributed by atoms with Crippen LogP contribution in [0.5, 0.6) is 0 Å². The summed E-state index contributed by atoms with van der Waals surface area (Å²) in [5, 5.41) is 11.3. The number of carbonyl (C=O) groups excluding carboxylic acids is 2. The number of carbonyl (C=O) groups is 3. The van der Waals surface area contributed by atoms with Crippen LogP contribution in [0.4, 0.5) is 0 Å². The van der Waals surface area contributed by atoms with Gasteiger partial charge in [0, 0.05) is 25.8 Å². The van der Waals surface area contributed by atoms with Gasteiger partial charge in [-0.1, -0.05) is 13.8 Å². The highest BCUT2D eigenvalue weighted by Crippen LogP contribution is 2.07. The van der Waals surface area contributed by atoms with Crippen molar-refractivity contribution in [3.63, 3.8) is 0 Å². The van der Waals surface area contributed by atoms with E-state index in [0.29, 0.717) is 0 Å². The first kappa shape index (κ1) is 18.8. The molecule has 0 fully saturated rings. The smallest absolute Gasteiger partial charge is 0.327 e. The van der Waals surface area contributed by atoms with E-state index in [1.54, 1.807) is 4.90 Å². The topological polar surface area (TPSA) is 86.7 Å². The number of hydrogen-bond donors (Lipinski definition) is 2. The van der Waals surface area contributed by atoms with Crippen LogP contribution >= 0.6 is 11.8 Å². The van der Waals surface area contributed by atoms with Crippen LogP contribution in [-0.2, 0) is 14.4 Å². The van der Waals surface area contributed by atoms with Crippen molar-refractivity contribution >= 4 is 29.5 Å². The number of carboxylic acids is 1. The van der Waals surface area contributed by atoms with Crippen molar-refractivity contribution in [3.05, 3.63) is 0 Å². The van der Waals surface area contributed by atoms with Gasteiger partial charge in [-0.2, -0.15) is 0 Å². The highest BCUT2D eigenvalue weighted by atomic mass is 32.2. The van der Waals surface area contributed by atoms with Crippen LogP contribution in [0.1, 0.15) is 33.6 Å². The van der Waals surface area contributed by atoms with E-state index in [1.807, 2.05) is 13.8 Å². The van der Waals surface area contributed by atoms with Gasteiger partial charge in [0.05, 0.1) is 5.75 Å². The van der Waals surface area contributed by atoms with E-state index in [1.165, 1.54) is 18.7 Å². The Morgan fingerprint density at radius 1 is 1.20 bits per heavy atom. The lowest BCUT2D eigenvalue weighted by molar-refractivity contribution is -0.140. The third kappa shape index (κ3) is 8.04. The number of amides is 2. The summed E-state index contributed by atoms with van der Waals surface area (Å²) in [6.07, 6.45) is 1.81. The van der Waals surface area contributed by atoms with E-state index >= 15 is 0 Å². The van der Waals surface area contributed by atoms with Crippen molar-refractivity contribution in [2.24, 2.45) is 0 Å². The summed E-state index contributed by atoms with van der Waals surface area (Å²) in [6, 6.07) is -0.948. The maximum absolute atomic E-state index is 12.0. The van der Waals surface area contributed by atoms with Crippen LogP contribution in [-0.4, -0.2) is 58.4 Å². The van der Waals surface area contributed by atoms with Gasteiger partial charge in [-0.3, -0.25) is 9.59 Å². The second kappa shape index (κ2) is 10.5. The number of rotatable bonds is 10.